The summed E-state index contributed by atoms with van der Waals surface area (Å²) in [5.41, 5.74) is 0.896. The number of halogens is 2. The Hall–Kier alpha value is -0.940. The van der Waals surface area contributed by atoms with Crippen LogP contribution in [0.15, 0.2) is 16.7 Å². The van der Waals surface area contributed by atoms with Gasteiger partial charge in [-0.05, 0) is 28.1 Å². The van der Waals surface area contributed by atoms with E-state index in [0.717, 1.165) is 0 Å². The Bertz CT molecular complexity index is 482. The van der Waals surface area contributed by atoms with E-state index in [-0.39, 0.29) is 0 Å². The van der Waals surface area contributed by atoms with Crippen molar-refractivity contribution in [3.05, 3.63) is 27.6 Å². The third-order valence-corrected chi connectivity index (χ3v) is 2.47. The predicted octanol–water partition coefficient (Wildman–Crippen LogP) is 1.96. The summed E-state index contributed by atoms with van der Waals surface area (Å²) in [7, 11) is 0. The molecule has 0 saturated carbocycles. The van der Waals surface area contributed by atoms with E-state index in [1.165, 1.54) is 4.52 Å². The Balaban J connectivity index is 2.84. The molecule has 0 aliphatic heterocycles. The fraction of sp³-hybridized carbons (Fsp3) is 0. The van der Waals surface area contributed by atoms with Crippen molar-refractivity contribution in [2.45, 2.75) is 0 Å². The van der Waals surface area contributed by atoms with Gasteiger partial charge in [0.15, 0.2) is 11.9 Å². The van der Waals surface area contributed by atoms with Crippen LogP contribution in [0.1, 0.15) is 10.5 Å². The van der Waals surface area contributed by atoms with Crippen molar-refractivity contribution < 1.29 is 4.79 Å². The molecule has 0 bridgehead atoms. The highest BCUT2D eigenvalue weighted by molar-refractivity contribution is 9.10. The van der Waals surface area contributed by atoms with Crippen LogP contribution < -0.4 is 0 Å². The second kappa shape index (κ2) is 3.08. The molecule has 0 atom stereocenters. The van der Waals surface area contributed by atoms with Gasteiger partial charge in [-0.1, -0.05) is 11.6 Å². The van der Waals surface area contributed by atoms with Gasteiger partial charge in [-0.2, -0.15) is 5.10 Å². The van der Waals surface area contributed by atoms with E-state index in [9.17, 15) is 4.79 Å². The van der Waals surface area contributed by atoms with E-state index < -0.39 is 0 Å². The number of carbonyl (C=O) groups is 1. The van der Waals surface area contributed by atoms with Crippen molar-refractivity contribution in [2.24, 2.45) is 0 Å². The molecule has 0 saturated heterocycles. The molecule has 0 fully saturated rings. The average Bonchev–Trinajstić information content (AvgIpc) is 2.44. The molecule has 4 nitrogen and oxygen atoms in total. The molecule has 0 aliphatic rings. The summed E-state index contributed by atoms with van der Waals surface area (Å²) < 4.78 is 1.98. The largest absolute Gasteiger partial charge is 0.296 e. The predicted molar refractivity (Wildman–Crippen MR) is 51.1 cm³/mol. The normalized spacial score (nSPS) is 10.6. The number of fused-ring (bicyclic) bond motifs is 1. The van der Waals surface area contributed by atoms with E-state index in [2.05, 4.69) is 26.0 Å². The van der Waals surface area contributed by atoms with Crippen LogP contribution in [0.5, 0.6) is 0 Å². The second-order valence-corrected chi connectivity index (χ2v) is 3.47. The van der Waals surface area contributed by atoms with Gasteiger partial charge >= 0.3 is 0 Å². The Morgan fingerprint density at radius 1 is 1.54 bits per heavy atom. The zero-order valence-electron chi connectivity index (χ0n) is 6.24. The lowest BCUT2D eigenvalue weighted by atomic mass is 10.5. The maximum absolute atomic E-state index is 10.5. The van der Waals surface area contributed by atoms with E-state index in [0.29, 0.717) is 27.4 Å². The van der Waals surface area contributed by atoms with Crippen molar-refractivity contribution >= 4 is 39.5 Å². The standard InChI is InChI=1S/C7H3BrClN3O/c8-7-4(3-13)10-6-2-1-5(9)11-12(6)7/h1-3H. The van der Waals surface area contributed by atoms with Gasteiger partial charge in [-0.15, -0.1) is 0 Å². The Labute approximate surface area is 86.7 Å². The zero-order chi connectivity index (χ0) is 9.42. The lowest BCUT2D eigenvalue weighted by Gasteiger charge is -1.92. The van der Waals surface area contributed by atoms with Crippen molar-refractivity contribution in [2.75, 3.05) is 0 Å². The quantitative estimate of drug-likeness (QED) is 0.736. The molecule has 0 unspecified atom stereocenters. The number of rotatable bonds is 1. The van der Waals surface area contributed by atoms with Crippen LogP contribution in [0.2, 0.25) is 5.15 Å². The third kappa shape index (κ3) is 1.34. The fourth-order valence-corrected chi connectivity index (χ4v) is 1.56. The van der Waals surface area contributed by atoms with Gasteiger partial charge in [-0.25, -0.2) is 9.50 Å². The molecule has 0 spiro atoms. The van der Waals surface area contributed by atoms with E-state index in [1.807, 2.05) is 0 Å². The Morgan fingerprint density at radius 2 is 2.31 bits per heavy atom. The van der Waals surface area contributed by atoms with Gasteiger partial charge in [-0.3, -0.25) is 4.79 Å². The van der Waals surface area contributed by atoms with E-state index in [4.69, 9.17) is 11.6 Å². The smallest absolute Gasteiger partial charge is 0.171 e. The molecule has 2 rings (SSSR count). The summed E-state index contributed by atoms with van der Waals surface area (Å²) >= 11 is 8.87. The molecule has 0 amide bonds. The lowest BCUT2D eigenvalue weighted by molar-refractivity contribution is 0.111. The molecule has 0 aromatic carbocycles. The molecule has 2 aromatic rings. The monoisotopic (exact) mass is 259 g/mol. The van der Waals surface area contributed by atoms with Crippen molar-refractivity contribution in [3.63, 3.8) is 0 Å². The first-order chi connectivity index (χ1) is 6.22. The summed E-state index contributed by atoms with van der Waals surface area (Å²) in [4.78, 5) is 14.5. The van der Waals surface area contributed by atoms with Gasteiger partial charge in [0.05, 0.1) is 0 Å². The lowest BCUT2D eigenvalue weighted by Crippen LogP contribution is -1.91. The van der Waals surface area contributed by atoms with Crippen LogP contribution in [-0.2, 0) is 0 Å². The number of aromatic nitrogens is 3. The van der Waals surface area contributed by atoms with Crippen molar-refractivity contribution in [1.29, 1.82) is 0 Å². The molecule has 2 aromatic heterocycles. The highest BCUT2D eigenvalue weighted by Crippen LogP contribution is 2.17. The highest BCUT2D eigenvalue weighted by atomic mass is 79.9. The zero-order valence-corrected chi connectivity index (χ0v) is 8.58. The molecular weight excluding hydrogens is 257 g/mol. The molecule has 66 valence electrons. The number of imidazole rings is 1. The van der Waals surface area contributed by atoms with Crippen LogP contribution >= 0.6 is 27.5 Å². The van der Waals surface area contributed by atoms with Gasteiger partial charge in [0.1, 0.15) is 15.5 Å². The van der Waals surface area contributed by atoms with Crippen LogP contribution in [0.4, 0.5) is 0 Å². The van der Waals surface area contributed by atoms with Crippen LogP contribution in [0, 0.1) is 0 Å². The molecule has 0 N–H and O–H groups in total. The van der Waals surface area contributed by atoms with Crippen LogP contribution in [0.25, 0.3) is 5.65 Å². The maximum atomic E-state index is 10.5. The highest BCUT2D eigenvalue weighted by Gasteiger charge is 2.09. The fourth-order valence-electron chi connectivity index (χ4n) is 0.976. The number of carbonyl (C=O) groups excluding carboxylic acids is 1. The Morgan fingerprint density at radius 3 is 3.00 bits per heavy atom. The molecule has 0 aliphatic carbocycles. The molecule has 13 heavy (non-hydrogen) atoms. The number of hydrogen-bond acceptors (Lipinski definition) is 3. The van der Waals surface area contributed by atoms with Gasteiger partial charge in [0, 0.05) is 0 Å². The van der Waals surface area contributed by atoms with E-state index >= 15 is 0 Å². The van der Waals surface area contributed by atoms with Crippen LogP contribution in [0.3, 0.4) is 0 Å². The molecule has 0 radical (unpaired) electrons. The van der Waals surface area contributed by atoms with E-state index in [1.54, 1.807) is 12.1 Å². The number of nitrogens with zero attached hydrogens (tertiary/aromatic N) is 3. The summed E-state index contributed by atoms with van der Waals surface area (Å²) in [5.74, 6) is 0. The Kier molecular flexibility index (Phi) is 2.05. The van der Waals surface area contributed by atoms with Crippen LogP contribution in [-0.4, -0.2) is 20.9 Å². The first-order valence-electron chi connectivity index (χ1n) is 3.38. The SMILES string of the molecule is O=Cc1nc2ccc(Cl)nn2c1Br. The third-order valence-electron chi connectivity index (χ3n) is 1.53. The molecule has 6 heteroatoms. The minimum absolute atomic E-state index is 0.315. The second-order valence-electron chi connectivity index (χ2n) is 2.33. The average molecular weight is 260 g/mol. The van der Waals surface area contributed by atoms with Gasteiger partial charge in [0.2, 0.25) is 0 Å². The van der Waals surface area contributed by atoms with Gasteiger partial charge < -0.3 is 0 Å². The van der Waals surface area contributed by atoms with Crippen molar-refractivity contribution in [3.8, 4) is 0 Å². The first kappa shape index (κ1) is 8.65. The van der Waals surface area contributed by atoms with Gasteiger partial charge in [0.25, 0.3) is 0 Å². The molecule has 2 heterocycles. The molecular formula is C7H3BrClN3O. The summed E-state index contributed by atoms with van der Waals surface area (Å²) in [6.07, 6.45) is 0.659. The summed E-state index contributed by atoms with van der Waals surface area (Å²) in [6.45, 7) is 0. The first-order valence-corrected chi connectivity index (χ1v) is 4.55. The maximum Gasteiger partial charge on any atom is 0.171 e. The minimum atomic E-state index is 0.315. The van der Waals surface area contributed by atoms with Crippen molar-refractivity contribution in [1.82, 2.24) is 14.6 Å². The summed E-state index contributed by atoms with van der Waals surface area (Å²) in [6, 6.07) is 3.30. The minimum Gasteiger partial charge on any atom is -0.296 e. The number of aldehydes is 1. The topological polar surface area (TPSA) is 47.3 Å². The number of hydrogen-bond donors (Lipinski definition) is 0. The summed E-state index contributed by atoms with van der Waals surface area (Å²) in [5, 5.41) is 4.31.